The number of methoxy groups -OCH3 is 1. The van der Waals surface area contributed by atoms with E-state index in [-0.39, 0.29) is 5.75 Å². The van der Waals surface area contributed by atoms with Crippen molar-refractivity contribution in [2.75, 3.05) is 23.7 Å². The predicted octanol–water partition coefficient (Wildman–Crippen LogP) is 4.38. The van der Waals surface area contributed by atoms with Crippen LogP contribution in [0.2, 0.25) is 0 Å². The van der Waals surface area contributed by atoms with Gasteiger partial charge >= 0.3 is 0 Å². The number of hydrogen-bond donors (Lipinski definition) is 0. The van der Waals surface area contributed by atoms with Gasteiger partial charge in [0.2, 0.25) is 10.0 Å². The highest BCUT2D eigenvalue weighted by Gasteiger charge is 2.28. The van der Waals surface area contributed by atoms with Gasteiger partial charge in [-0.15, -0.1) is 0 Å². The quantitative estimate of drug-likeness (QED) is 0.610. The minimum atomic E-state index is -3.22. The summed E-state index contributed by atoms with van der Waals surface area (Å²) in [4.78, 5) is 0. The lowest BCUT2D eigenvalue weighted by Crippen LogP contribution is -2.24. The average Bonchev–Trinajstić information content (AvgIpc) is 3.23. The zero-order chi connectivity index (χ0) is 21.5. The van der Waals surface area contributed by atoms with Crippen LogP contribution in [0.3, 0.4) is 0 Å². The Labute approximate surface area is 177 Å². The van der Waals surface area contributed by atoms with Crippen molar-refractivity contribution in [2.24, 2.45) is 5.92 Å². The van der Waals surface area contributed by atoms with E-state index in [9.17, 15) is 13.7 Å². The number of nitrogens with zero attached hydrogens (tertiary/aromatic N) is 3. The molecule has 0 unspecified atom stereocenters. The predicted molar refractivity (Wildman–Crippen MR) is 119 cm³/mol. The zero-order valence-corrected chi connectivity index (χ0v) is 18.2. The van der Waals surface area contributed by atoms with E-state index in [0.717, 1.165) is 34.5 Å². The van der Waals surface area contributed by atoms with Gasteiger partial charge in [-0.05, 0) is 42.2 Å². The molecule has 0 N–H and O–H groups in total. The molecule has 1 saturated heterocycles. The lowest BCUT2D eigenvalue weighted by Gasteiger charge is -2.18. The van der Waals surface area contributed by atoms with Gasteiger partial charge in [-0.3, -0.25) is 4.31 Å². The fourth-order valence-corrected chi connectivity index (χ4v) is 5.70. The van der Waals surface area contributed by atoms with Crippen LogP contribution in [0.4, 0.5) is 5.69 Å². The van der Waals surface area contributed by atoms with Crippen molar-refractivity contribution >= 4 is 26.6 Å². The first-order valence-corrected chi connectivity index (χ1v) is 11.7. The molecular weight excluding hydrogens is 398 g/mol. The van der Waals surface area contributed by atoms with Crippen LogP contribution in [-0.2, 0) is 16.6 Å². The maximum Gasteiger partial charge on any atom is 0.235 e. The van der Waals surface area contributed by atoms with Gasteiger partial charge in [-0.2, -0.15) is 5.26 Å². The number of rotatable bonds is 5. The summed E-state index contributed by atoms with van der Waals surface area (Å²) < 4.78 is 33.5. The molecule has 3 aromatic rings. The van der Waals surface area contributed by atoms with Crippen molar-refractivity contribution < 1.29 is 13.2 Å². The van der Waals surface area contributed by atoms with E-state index in [0.29, 0.717) is 30.1 Å². The second-order valence-corrected chi connectivity index (χ2v) is 10.0. The van der Waals surface area contributed by atoms with Crippen LogP contribution in [0.1, 0.15) is 25.8 Å². The van der Waals surface area contributed by atoms with Crippen LogP contribution in [0, 0.1) is 17.2 Å². The maximum atomic E-state index is 12.2. The molecule has 30 heavy (non-hydrogen) atoms. The topological polar surface area (TPSA) is 75.3 Å². The third-order valence-electron chi connectivity index (χ3n) is 5.46. The fourth-order valence-electron chi connectivity index (χ4n) is 4.14. The number of hydrogen-bond acceptors (Lipinski definition) is 4. The van der Waals surface area contributed by atoms with Crippen LogP contribution in [0.5, 0.6) is 5.75 Å². The van der Waals surface area contributed by atoms with Crippen LogP contribution < -0.4 is 9.04 Å². The molecule has 1 aliphatic heterocycles. The lowest BCUT2D eigenvalue weighted by atomic mass is 10.1. The van der Waals surface area contributed by atoms with Crippen LogP contribution in [0.15, 0.2) is 42.5 Å². The van der Waals surface area contributed by atoms with Crippen LogP contribution in [-0.4, -0.2) is 32.4 Å². The largest absolute Gasteiger partial charge is 0.497 e. The first kappa shape index (κ1) is 20.3. The molecule has 7 heteroatoms. The summed E-state index contributed by atoms with van der Waals surface area (Å²) in [6, 6.07) is 15.6. The van der Waals surface area contributed by atoms with E-state index in [4.69, 9.17) is 4.74 Å². The molecule has 2 aromatic carbocycles. The fraction of sp³-hybridized carbons (Fsp3) is 0.348. The number of aromatic nitrogens is 1. The van der Waals surface area contributed by atoms with E-state index in [1.54, 1.807) is 7.11 Å². The van der Waals surface area contributed by atoms with Gasteiger partial charge in [0.25, 0.3) is 0 Å². The summed E-state index contributed by atoms with van der Waals surface area (Å²) in [7, 11) is -1.59. The van der Waals surface area contributed by atoms with E-state index >= 15 is 0 Å². The summed E-state index contributed by atoms with van der Waals surface area (Å²) in [5.74, 6) is 1.32. The molecule has 0 radical (unpaired) electrons. The molecular formula is C23H25N3O3S. The molecule has 156 valence electrons. The van der Waals surface area contributed by atoms with Crippen LogP contribution >= 0.6 is 0 Å². The van der Waals surface area contributed by atoms with E-state index < -0.39 is 10.0 Å². The molecule has 0 atom stereocenters. The highest BCUT2D eigenvalue weighted by molar-refractivity contribution is 7.93. The summed E-state index contributed by atoms with van der Waals surface area (Å²) in [6.07, 6.45) is 0.646. The Bertz CT molecular complexity index is 1240. The first-order chi connectivity index (χ1) is 14.4. The number of benzene rings is 2. The summed E-state index contributed by atoms with van der Waals surface area (Å²) in [5.41, 5.74) is 3.99. The van der Waals surface area contributed by atoms with Crippen molar-refractivity contribution in [1.29, 1.82) is 5.26 Å². The van der Waals surface area contributed by atoms with Crippen molar-refractivity contribution in [3.05, 3.63) is 48.0 Å². The minimum absolute atomic E-state index is 0.192. The molecule has 4 rings (SSSR count). The van der Waals surface area contributed by atoms with Crippen LogP contribution in [0.25, 0.3) is 22.2 Å². The lowest BCUT2D eigenvalue weighted by molar-refractivity contribution is 0.415. The Morgan fingerprint density at radius 2 is 1.90 bits per heavy atom. The molecule has 1 aliphatic rings. The third kappa shape index (κ3) is 3.41. The molecule has 6 nitrogen and oxygen atoms in total. The zero-order valence-electron chi connectivity index (χ0n) is 17.4. The Hall–Kier alpha value is -2.98. The van der Waals surface area contributed by atoms with E-state index in [1.165, 1.54) is 4.31 Å². The molecule has 0 amide bonds. The first-order valence-electron chi connectivity index (χ1n) is 10.1. The highest BCUT2D eigenvalue weighted by Crippen LogP contribution is 2.37. The van der Waals surface area contributed by atoms with Crippen molar-refractivity contribution in [3.63, 3.8) is 0 Å². The maximum absolute atomic E-state index is 12.2. The number of sulfonamides is 1. The molecule has 1 aromatic heterocycles. The number of nitriles is 1. The summed E-state index contributed by atoms with van der Waals surface area (Å²) in [5, 5.41) is 10.9. The number of fused-ring (bicyclic) bond motifs is 1. The third-order valence-corrected chi connectivity index (χ3v) is 7.33. The second-order valence-electron chi connectivity index (χ2n) is 8.01. The highest BCUT2D eigenvalue weighted by atomic mass is 32.2. The van der Waals surface area contributed by atoms with Gasteiger partial charge < -0.3 is 9.30 Å². The van der Waals surface area contributed by atoms with Crippen molar-refractivity contribution in [1.82, 2.24) is 4.57 Å². The molecule has 0 saturated carbocycles. The SMILES string of the molecule is COc1ccc2c(C#N)c(-c3ccc(N4CCCS4(=O)=O)cc3)n(CC(C)C)c2c1. The van der Waals surface area contributed by atoms with Gasteiger partial charge in [0.15, 0.2) is 0 Å². The van der Waals surface area contributed by atoms with Crippen molar-refractivity contribution in [2.45, 2.75) is 26.8 Å². The Kier molecular flexibility index (Phi) is 5.20. The number of anilines is 1. The Morgan fingerprint density at radius 1 is 1.17 bits per heavy atom. The second kappa shape index (κ2) is 7.69. The minimum Gasteiger partial charge on any atom is -0.497 e. The monoisotopic (exact) mass is 423 g/mol. The molecule has 2 heterocycles. The molecule has 1 fully saturated rings. The van der Waals surface area contributed by atoms with Gasteiger partial charge in [-0.1, -0.05) is 26.0 Å². The molecule has 0 spiro atoms. The molecule has 0 aliphatic carbocycles. The Balaban J connectivity index is 1.88. The van der Waals surface area contributed by atoms with E-state index in [1.807, 2.05) is 42.5 Å². The van der Waals surface area contributed by atoms with Gasteiger partial charge in [0.1, 0.15) is 11.8 Å². The van der Waals surface area contributed by atoms with E-state index in [2.05, 4.69) is 24.5 Å². The van der Waals surface area contributed by atoms with Gasteiger partial charge in [0.05, 0.1) is 35.3 Å². The van der Waals surface area contributed by atoms with Crippen molar-refractivity contribution in [3.8, 4) is 23.1 Å². The number of ether oxygens (including phenoxy) is 1. The summed E-state index contributed by atoms with van der Waals surface area (Å²) in [6.45, 7) is 5.55. The molecule has 0 bridgehead atoms. The standard InChI is InChI=1S/C23H25N3O3S/c1-16(2)15-25-22-13-19(29-3)9-10-20(22)21(14-24)23(25)17-5-7-18(8-6-17)26-11-4-12-30(26,27)28/h5-10,13,16H,4,11-12,15H2,1-3H3. The smallest absolute Gasteiger partial charge is 0.235 e. The Morgan fingerprint density at radius 3 is 2.47 bits per heavy atom. The average molecular weight is 424 g/mol. The van der Waals surface area contributed by atoms with Gasteiger partial charge in [-0.25, -0.2) is 8.42 Å². The normalized spacial score (nSPS) is 15.6. The summed E-state index contributed by atoms with van der Waals surface area (Å²) >= 11 is 0. The van der Waals surface area contributed by atoms with Gasteiger partial charge in [0, 0.05) is 24.5 Å².